The van der Waals surface area contributed by atoms with E-state index in [1.807, 2.05) is 23.1 Å². The third-order valence-electron chi connectivity index (χ3n) is 8.70. The molecule has 1 aliphatic heterocycles. The fourth-order valence-electron chi connectivity index (χ4n) is 6.26. The fraction of sp³-hybridized carbons (Fsp3) is 0.594. The number of benzene rings is 2. The zero-order valence-electron chi connectivity index (χ0n) is 23.9. The van der Waals surface area contributed by atoms with Crippen molar-refractivity contribution in [3.63, 3.8) is 0 Å². The summed E-state index contributed by atoms with van der Waals surface area (Å²) < 4.78 is 16.7. The van der Waals surface area contributed by atoms with Crippen molar-refractivity contribution in [2.24, 2.45) is 0 Å². The number of ether oxygens (including phenoxy) is 3. The molecule has 1 heterocycles. The van der Waals surface area contributed by atoms with Gasteiger partial charge >= 0.3 is 0 Å². The van der Waals surface area contributed by atoms with Crippen LogP contribution in [0.3, 0.4) is 0 Å². The second kappa shape index (κ2) is 14.3. The molecule has 1 aliphatic carbocycles. The van der Waals surface area contributed by atoms with E-state index in [1.165, 1.54) is 5.56 Å². The smallest absolute Gasteiger partial charge is 0.225 e. The Morgan fingerprint density at radius 2 is 1.74 bits per heavy atom. The summed E-state index contributed by atoms with van der Waals surface area (Å²) in [5.74, 6) is 0.455. The molecule has 1 saturated carbocycles. The maximum absolute atomic E-state index is 13.1. The number of nitrogens with zero attached hydrogens (tertiary/aromatic N) is 2. The van der Waals surface area contributed by atoms with Crippen LogP contribution in [0.15, 0.2) is 48.5 Å². The van der Waals surface area contributed by atoms with Crippen molar-refractivity contribution >= 4 is 5.91 Å². The molecule has 2 aliphatic rings. The first-order chi connectivity index (χ1) is 19.0. The van der Waals surface area contributed by atoms with E-state index in [1.54, 1.807) is 14.2 Å². The van der Waals surface area contributed by atoms with Crippen LogP contribution in [-0.4, -0.2) is 87.3 Å². The molecule has 2 aromatic carbocycles. The Kier molecular flexibility index (Phi) is 10.8. The van der Waals surface area contributed by atoms with Gasteiger partial charge in [0.05, 0.1) is 26.2 Å². The predicted molar refractivity (Wildman–Crippen MR) is 153 cm³/mol. The first kappa shape index (κ1) is 29.5. The van der Waals surface area contributed by atoms with Gasteiger partial charge in [0.15, 0.2) is 6.29 Å². The molecule has 0 radical (unpaired) electrons. The second-order valence-corrected chi connectivity index (χ2v) is 11.1. The van der Waals surface area contributed by atoms with Gasteiger partial charge in [-0.1, -0.05) is 55.3 Å². The molecular weight excluding hydrogens is 492 g/mol. The highest BCUT2D eigenvalue weighted by molar-refractivity contribution is 5.76. The average molecular weight is 539 g/mol. The minimum atomic E-state index is -0.414. The quantitative estimate of drug-likeness (QED) is 0.293. The van der Waals surface area contributed by atoms with Crippen molar-refractivity contribution in [3.05, 3.63) is 65.2 Å². The zero-order chi connectivity index (χ0) is 27.7. The molecule has 0 aromatic heterocycles. The van der Waals surface area contributed by atoms with Gasteiger partial charge < -0.3 is 29.1 Å². The number of methoxy groups -OCH3 is 2. The first-order valence-electron chi connectivity index (χ1n) is 14.5. The van der Waals surface area contributed by atoms with Crippen LogP contribution in [0.2, 0.25) is 0 Å². The predicted octanol–water partition coefficient (Wildman–Crippen LogP) is 4.74. The van der Waals surface area contributed by atoms with Gasteiger partial charge in [-0.05, 0) is 69.4 Å². The molecular formula is C32H46N2O5. The van der Waals surface area contributed by atoms with Gasteiger partial charge in [0.2, 0.25) is 5.91 Å². The van der Waals surface area contributed by atoms with Gasteiger partial charge in [0, 0.05) is 31.2 Å². The lowest BCUT2D eigenvalue weighted by molar-refractivity contribution is -0.150. The summed E-state index contributed by atoms with van der Waals surface area (Å²) in [5.41, 5.74) is 3.20. The van der Waals surface area contributed by atoms with E-state index in [4.69, 9.17) is 14.2 Å². The number of phenolic OH excluding ortho intramolecular Hbond substituents is 1. The van der Waals surface area contributed by atoms with Crippen molar-refractivity contribution in [1.82, 2.24) is 9.80 Å². The number of rotatable bonds is 13. The number of hydrogen-bond acceptors (Lipinski definition) is 6. The van der Waals surface area contributed by atoms with Gasteiger partial charge in [0.25, 0.3) is 0 Å². The number of carbonyl (C=O) groups is 1. The molecule has 1 saturated heterocycles. The maximum atomic E-state index is 13.1. The summed E-state index contributed by atoms with van der Waals surface area (Å²) in [6, 6.07) is 16.8. The van der Waals surface area contributed by atoms with E-state index in [2.05, 4.69) is 42.3 Å². The molecule has 0 atom stereocenters. The van der Waals surface area contributed by atoms with Crippen LogP contribution in [0.4, 0.5) is 0 Å². The Balaban J connectivity index is 1.35. The van der Waals surface area contributed by atoms with Crippen molar-refractivity contribution in [2.75, 3.05) is 54.1 Å². The largest absolute Gasteiger partial charge is 0.508 e. The van der Waals surface area contributed by atoms with Crippen LogP contribution in [0, 0.1) is 0 Å². The molecule has 214 valence electrons. The lowest BCUT2D eigenvalue weighted by Crippen LogP contribution is -2.44. The topological polar surface area (TPSA) is 71.5 Å². The number of carbonyl (C=O) groups excluding carboxylic acids is 1. The highest BCUT2D eigenvalue weighted by Gasteiger charge is 2.39. The Hall–Kier alpha value is -2.45. The van der Waals surface area contributed by atoms with Crippen LogP contribution in [0.1, 0.15) is 61.6 Å². The summed E-state index contributed by atoms with van der Waals surface area (Å²) in [6.07, 6.45) is 6.99. The molecule has 7 nitrogen and oxygen atoms in total. The molecule has 0 unspecified atom stereocenters. The summed E-state index contributed by atoms with van der Waals surface area (Å²) in [6.45, 7) is 3.34. The van der Waals surface area contributed by atoms with Crippen molar-refractivity contribution in [2.45, 2.75) is 69.1 Å². The van der Waals surface area contributed by atoms with Gasteiger partial charge in [0.1, 0.15) is 5.75 Å². The van der Waals surface area contributed by atoms with Crippen molar-refractivity contribution < 1.29 is 24.1 Å². The second-order valence-electron chi connectivity index (χ2n) is 11.1. The molecule has 2 aromatic rings. The standard InChI is InChI=1S/C32H46N2O5/c1-33-19-17-32(18-20-33,26-9-5-4-6-10-26)28-23-25(13-14-29(28)35)15-21-39-22-16-30(36)34(24-31(37-2)38-3)27-11-7-8-12-27/h4-6,9-10,13-14,23,27,31,35H,7-8,11-12,15-22,24H2,1-3H3. The third-order valence-corrected chi connectivity index (χ3v) is 8.70. The summed E-state index contributed by atoms with van der Waals surface area (Å²) in [4.78, 5) is 17.4. The van der Waals surface area contributed by atoms with Gasteiger partial charge in [-0.3, -0.25) is 4.79 Å². The minimum Gasteiger partial charge on any atom is -0.508 e. The molecule has 2 fully saturated rings. The zero-order valence-corrected chi connectivity index (χ0v) is 23.9. The number of aromatic hydroxyl groups is 1. The maximum Gasteiger partial charge on any atom is 0.225 e. The van der Waals surface area contributed by atoms with E-state index in [-0.39, 0.29) is 17.4 Å². The number of phenols is 1. The highest BCUT2D eigenvalue weighted by Crippen LogP contribution is 2.45. The molecule has 0 bridgehead atoms. The SMILES string of the molecule is COC(CN(C(=O)CCOCCc1ccc(O)c(C2(c3ccccc3)CCN(C)CC2)c1)C1CCCC1)OC. The van der Waals surface area contributed by atoms with Gasteiger partial charge in [-0.15, -0.1) is 0 Å². The summed E-state index contributed by atoms with van der Waals surface area (Å²) >= 11 is 0. The Morgan fingerprint density at radius 3 is 2.41 bits per heavy atom. The highest BCUT2D eigenvalue weighted by atomic mass is 16.7. The van der Waals surface area contributed by atoms with E-state index in [9.17, 15) is 9.90 Å². The van der Waals surface area contributed by atoms with Crippen LogP contribution in [-0.2, 0) is 30.8 Å². The average Bonchev–Trinajstić information content (AvgIpc) is 3.50. The van der Waals surface area contributed by atoms with E-state index < -0.39 is 6.29 Å². The molecule has 7 heteroatoms. The lowest BCUT2D eigenvalue weighted by atomic mass is 9.67. The third kappa shape index (κ3) is 7.40. The van der Waals surface area contributed by atoms with E-state index in [0.717, 1.165) is 69.2 Å². The first-order valence-corrected chi connectivity index (χ1v) is 14.5. The number of hydrogen-bond donors (Lipinski definition) is 1. The van der Waals surface area contributed by atoms with Crippen LogP contribution >= 0.6 is 0 Å². The summed E-state index contributed by atoms with van der Waals surface area (Å²) in [7, 11) is 5.38. The van der Waals surface area contributed by atoms with Crippen LogP contribution in [0.25, 0.3) is 0 Å². The Morgan fingerprint density at radius 1 is 1.05 bits per heavy atom. The molecule has 4 rings (SSSR count). The van der Waals surface area contributed by atoms with Crippen LogP contribution in [0.5, 0.6) is 5.75 Å². The van der Waals surface area contributed by atoms with Crippen LogP contribution < -0.4 is 0 Å². The molecule has 39 heavy (non-hydrogen) atoms. The van der Waals surface area contributed by atoms with E-state index >= 15 is 0 Å². The molecule has 0 spiro atoms. The lowest BCUT2D eigenvalue weighted by Gasteiger charge is -2.42. The van der Waals surface area contributed by atoms with Crippen molar-refractivity contribution in [3.8, 4) is 5.75 Å². The number of piperidine rings is 1. The normalized spacial score (nSPS) is 18.1. The Bertz CT molecular complexity index is 1030. The Labute approximate surface area is 234 Å². The van der Waals surface area contributed by atoms with Gasteiger partial charge in [-0.2, -0.15) is 0 Å². The van der Waals surface area contributed by atoms with Gasteiger partial charge in [-0.25, -0.2) is 0 Å². The van der Waals surface area contributed by atoms with E-state index in [0.29, 0.717) is 31.9 Å². The number of amides is 1. The summed E-state index contributed by atoms with van der Waals surface area (Å²) in [5, 5.41) is 11.0. The number of likely N-dealkylation sites (tertiary alicyclic amines) is 1. The van der Waals surface area contributed by atoms with Crippen molar-refractivity contribution in [1.29, 1.82) is 0 Å². The fourth-order valence-corrected chi connectivity index (χ4v) is 6.26. The minimum absolute atomic E-state index is 0.0972. The molecule has 1 amide bonds. The molecule has 1 N–H and O–H groups in total. The monoisotopic (exact) mass is 538 g/mol.